The molecule has 0 N–H and O–H groups in total. The Kier molecular flexibility index (Phi) is 15.5. The summed E-state index contributed by atoms with van der Waals surface area (Å²) in [5, 5.41) is 0. The Morgan fingerprint density at radius 2 is 1.14 bits per heavy atom. The molecule has 0 bridgehead atoms. The van der Waals surface area contributed by atoms with E-state index >= 15 is 0 Å². The van der Waals surface area contributed by atoms with Crippen LogP contribution in [0.4, 0.5) is 0 Å². The molecule has 0 spiro atoms. The third-order valence-electron chi connectivity index (χ3n) is 0. The van der Waals surface area contributed by atoms with Crippen molar-refractivity contribution in [3.63, 3.8) is 0 Å². The van der Waals surface area contributed by atoms with E-state index in [2.05, 4.69) is 0 Å². The van der Waals surface area contributed by atoms with Gasteiger partial charge in [-0.25, -0.2) is 0 Å². The molecule has 0 saturated heterocycles. The smallest absolute Gasteiger partial charge is 0.822 e. The summed E-state index contributed by atoms with van der Waals surface area (Å²) in [4.78, 5) is 25.6. The average molecular weight is 324 g/mol. The van der Waals surface area contributed by atoms with Crippen molar-refractivity contribution in [3.05, 3.63) is 0 Å². The Balaban J connectivity index is -0.0000000800. The van der Waals surface area contributed by atoms with E-state index < -0.39 is 7.82 Å². The number of hydrogen-bond donors (Lipinski definition) is 0. The van der Waals surface area contributed by atoms with E-state index in [0.29, 0.717) is 0 Å². The molecule has 4 nitrogen and oxygen atoms in total. The third kappa shape index (κ3) is 56.1. The van der Waals surface area contributed by atoms with Gasteiger partial charge in [0, 0.05) is 0 Å². The molecule has 0 aliphatic heterocycles. The maximum absolute atomic E-state index is 8.55. The van der Waals surface area contributed by atoms with Crippen LogP contribution in [0.3, 0.4) is 0 Å². The summed E-state index contributed by atoms with van der Waals surface area (Å²) in [5.74, 6) is 0. The van der Waals surface area contributed by atoms with Crippen molar-refractivity contribution in [3.8, 4) is 0 Å². The quantitative estimate of drug-likeness (QED) is 0.347. The first-order valence-electron chi connectivity index (χ1n) is 0.730. The van der Waals surface area contributed by atoms with Crippen LogP contribution in [-0.4, -0.2) is 48.9 Å². The summed E-state index contributed by atoms with van der Waals surface area (Å²) in [5.41, 5.74) is 0. The molecule has 0 aliphatic rings. The van der Waals surface area contributed by atoms with Crippen LogP contribution in [0.1, 0.15) is 0 Å². The van der Waals surface area contributed by atoms with Crippen LogP contribution in [0.15, 0.2) is 0 Å². The summed E-state index contributed by atoms with van der Waals surface area (Å²) in [6, 6.07) is 0. The second kappa shape index (κ2) is 6.68. The van der Waals surface area contributed by atoms with Crippen molar-refractivity contribution in [2.24, 2.45) is 0 Å². The van der Waals surface area contributed by atoms with E-state index in [9.17, 15) is 0 Å². The second-order valence-corrected chi connectivity index (χ2v) is 1.34. The molecule has 0 unspecified atom stereocenters. The van der Waals surface area contributed by atoms with Gasteiger partial charge in [-0.1, -0.05) is 0 Å². The standard InChI is InChI=1S/Ba.H3O4P.Zr/c;1-5(2,3)4;/h;(H3,1,2,3,4);/q+2;;+2/p-3. The minimum Gasteiger partial charge on any atom is -0.822 e. The minimum atomic E-state index is -5.39. The normalized spacial score (nSPS) is 8.43. The van der Waals surface area contributed by atoms with Crippen molar-refractivity contribution < 1.29 is 45.4 Å². The van der Waals surface area contributed by atoms with Gasteiger partial charge in [0.05, 0.1) is 0 Å². The van der Waals surface area contributed by atoms with E-state index in [0.717, 1.165) is 0 Å². The van der Waals surface area contributed by atoms with Gasteiger partial charge in [-0.15, -0.1) is 0 Å². The number of phosphoric acid groups is 1. The monoisotopic (exact) mass is 323 g/mol. The zero-order valence-electron chi connectivity index (χ0n) is 3.29. The molecule has 7 heavy (non-hydrogen) atoms. The van der Waals surface area contributed by atoms with E-state index in [1.165, 1.54) is 0 Å². The van der Waals surface area contributed by atoms with E-state index in [1.807, 2.05) is 0 Å². The molecular formula is BaO4PZr+. The van der Waals surface area contributed by atoms with Crippen LogP contribution < -0.4 is 14.7 Å². The van der Waals surface area contributed by atoms with Gasteiger partial charge in [0.2, 0.25) is 0 Å². The van der Waals surface area contributed by atoms with E-state index in [4.69, 9.17) is 19.2 Å². The Labute approximate surface area is 100 Å². The van der Waals surface area contributed by atoms with Gasteiger partial charge in [-0.3, -0.25) is 0 Å². The maximum Gasteiger partial charge on any atom is 2.00 e. The van der Waals surface area contributed by atoms with Gasteiger partial charge in [-0.2, -0.15) is 7.82 Å². The summed E-state index contributed by atoms with van der Waals surface area (Å²) < 4.78 is 8.55. The molecule has 0 atom stereocenters. The van der Waals surface area contributed by atoms with Crippen molar-refractivity contribution in [2.45, 2.75) is 0 Å². The van der Waals surface area contributed by atoms with Gasteiger partial charge in [0.25, 0.3) is 0 Å². The van der Waals surface area contributed by atoms with Crippen LogP contribution in [0, 0.1) is 0 Å². The Hall–Kier alpha value is 2.56. The van der Waals surface area contributed by atoms with Crippen LogP contribution >= 0.6 is 7.82 Å². The summed E-state index contributed by atoms with van der Waals surface area (Å²) in [7, 11) is -5.39. The largest absolute Gasteiger partial charge is 2.00 e. The molecule has 0 aromatic rings. The molecule has 34 valence electrons. The number of rotatable bonds is 0. The average Bonchev–Trinajstić information content (AvgIpc) is 0.722. The van der Waals surface area contributed by atoms with Gasteiger partial charge in [0.15, 0.2) is 0 Å². The topological polar surface area (TPSA) is 86.2 Å². The summed E-state index contributed by atoms with van der Waals surface area (Å²) in [6.45, 7) is 0. The molecule has 0 radical (unpaired) electrons. The maximum atomic E-state index is 8.55. The fraction of sp³-hybridized carbons (Fsp3) is 0. The van der Waals surface area contributed by atoms with Crippen molar-refractivity contribution in [2.75, 3.05) is 0 Å². The van der Waals surface area contributed by atoms with Gasteiger partial charge in [0.1, 0.15) is 0 Å². The van der Waals surface area contributed by atoms with Gasteiger partial charge in [-0.05, 0) is 0 Å². The van der Waals surface area contributed by atoms with Crippen LogP contribution in [0.25, 0.3) is 0 Å². The van der Waals surface area contributed by atoms with E-state index in [-0.39, 0.29) is 75.1 Å². The molecule has 0 aromatic carbocycles. The molecule has 0 fully saturated rings. The molecule has 0 aliphatic carbocycles. The van der Waals surface area contributed by atoms with Crippen LogP contribution in [-0.2, 0) is 30.8 Å². The van der Waals surface area contributed by atoms with Crippen LogP contribution in [0.2, 0.25) is 0 Å². The first kappa shape index (κ1) is 16.3. The van der Waals surface area contributed by atoms with Crippen molar-refractivity contribution in [1.29, 1.82) is 0 Å². The predicted octanol–water partition coefficient (Wildman–Crippen LogP) is -3.21. The molecule has 0 rings (SSSR count). The zero-order valence-corrected chi connectivity index (χ0v) is 11.1. The number of hydrogen-bond acceptors (Lipinski definition) is 4. The molecule has 0 saturated carbocycles. The molecule has 0 amide bonds. The summed E-state index contributed by atoms with van der Waals surface area (Å²) in [6.07, 6.45) is 0. The predicted molar refractivity (Wildman–Crippen MR) is 13.4 cm³/mol. The third-order valence-corrected chi connectivity index (χ3v) is 0. The van der Waals surface area contributed by atoms with E-state index in [1.54, 1.807) is 0 Å². The molecule has 7 heteroatoms. The van der Waals surface area contributed by atoms with Gasteiger partial charge >= 0.3 is 75.1 Å². The second-order valence-electron chi connectivity index (χ2n) is 0.447. The van der Waals surface area contributed by atoms with Gasteiger partial charge < -0.3 is 19.2 Å². The Morgan fingerprint density at radius 3 is 1.14 bits per heavy atom. The zero-order chi connectivity index (χ0) is 4.50. The molecule has 0 heterocycles. The Morgan fingerprint density at radius 1 is 1.14 bits per heavy atom. The van der Waals surface area contributed by atoms with Crippen molar-refractivity contribution in [1.82, 2.24) is 0 Å². The molecular weight excluding hydrogens is 324 g/mol. The SMILES string of the molecule is O=P([O-])([O-])[O-].[Ba+2].[Zr+2]. The fourth-order valence-electron chi connectivity index (χ4n) is 0. The molecule has 0 aromatic heterocycles. The van der Waals surface area contributed by atoms with Crippen LogP contribution in [0.5, 0.6) is 0 Å². The summed E-state index contributed by atoms with van der Waals surface area (Å²) >= 11 is 0. The van der Waals surface area contributed by atoms with Crippen molar-refractivity contribution >= 4 is 56.7 Å². The first-order chi connectivity index (χ1) is 2.00. The first-order valence-corrected chi connectivity index (χ1v) is 2.19. The minimum absolute atomic E-state index is 0. The Bertz CT molecular complexity index is 57.8. The fourth-order valence-corrected chi connectivity index (χ4v) is 0.